The summed E-state index contributed by atoms with van der Waals surface area (Å²) < 4.78 is 0. The van der Waals surface area contributed by atoms with E-state index in [4.69, 9.17) is 0 Å². The number of aryl methyl sites for hydroxylation is 1. The molecule has 0 spiro atoms. The van der Waals surface area contributed by atoms with Gasteiger partial charge in [0.1, 0.15) is 11.5 Å². The zero-order valence-corrected chi connectivity index (χ0v) is 12.5. The fourth-order valence-electron chi connectivity index (χ4n) is 2.10. The van der Waals surface area contributed by atoms with Crippen molar-refractivity contribution in [2.24, 2.45) is 0 Å². The molecule has 0 radical (unpaired) electrons. The molecule has 2 N–H and O–H groups in total. The Morgan fingerprint density at radius 3 is 2.62 bits per heavy atom. The molecule has 0 aliphatic rings. The number of carbonyl (C=O) groups is 1. The molecule has 1 amide bonds. The van der Waals surface area contributed by atoms with Gasteiger partial charge in [0.05, 0.1) is 0 Å². The van der Waals surface area contributed by atoms with Crippen LogP contribution in [0.4, 0.5) is 5.82 Å². The molecule has 1 aromatic heterocycles. The maximum absolute atomic E-state index is 12.1. The zero-order chi connectivity index (χ0) is 15.1. The molecule has 4 heteroatoms. The fraction of sp³-hybridized carbons (Fsp3) is 0.294. The molecule has 0 aliphatic heterocycles. The maximum Gasteiger partial charge on any atom is 0.270 e. The average molecular weight is 283 g/mol. The quantitative estimate of drug-likeness (QED) is 0.857. The van der Waals surface area contributed by atoms with Crippen molar-refractivity contribution in [3.8, 4) is 0 Å². The molecule has 1 atom stereocenters. The first kappa shape index (κ1) is 15.0. The Labute approximate surface area is 125 Å². The fourth-order valence-corrected chi connectivity index (χ4v) is 2.10. The Kier molecular flexibility index (Phi) is 5.32. The number of hydrogen-bond acceptors (Lipinski definition) is 3. The van der Waals surface area contributed by atoms with E-state index in [0.29, 0.717) is 11.5 Å². The van der Waals surface area contributed by atoms with E-state index in [2.05, 4.69) is 27.8 Å². The largest absolute Gasteiger partial charge is 0.373 e. The summed E-state index contributed by atoms with van der Waals surface area (Å²) in [5.74, 6) is 0.562. The highest BCUT2D eigenvalue weighted by Crippen LogP contribution is 2.07. The van der Waals surface area contributed by atoms with Gasteiger partial charge in [0.2, 0.25) is 0 Å². The standard InChI is InChI=1S/C17H21N3O/c1-13(11-12-14-7-4-3-5-8-14)19-17(21)15-9-6-10-16(18-2)20-15/h3-10,13H,11-12H2,1-2H3,(H,18,20)(H,19,21). The third-order valence-electron chi connectivity index (χ3n) is 3.32. The van der Waals surface area contributed by atoms with Gasteiger partial charge in [-0.25, -0.2) is 4.98 Å². The van der Waals surface area contributed by atoms with Crippen LogP contribution in [0, 0.1) is 0 Å². The van der Waals surface area contributed by atoms with Gasteiger partial charge in [0, 0.05) is 13.1 Å². The third-order valence-corrected chi connectivity index (χ3v) is 3.32. The molecule has 0 fully saturated rings. The lowest BCUT2D eigenvalue weighted by Gasteiger charge is -2.14. The van der Waals surface area contributed by atoms with Crippen molar-refractivity contribution in [2.75, 3.05) is 12.4 Å². The number of pyridine rings is 1. The first-order chi connectivity index (χ1) is 10.2. The SMILES string of the molecule is CNc1cccc(C(=O)NC(C)CCc2ccccc2)n1. The lowest BCUT2D eigenvalue weighted by molar-refractivity contribution is 0.0933. The van der Waals surface area contributed by atoms with Crippen molar-refractivity contribution in [3.05, 3.63) is 59.8 Å². The highest BCUT2D eigenvalue weighted by Gasteiger charge is 2.11. The molecule has 2 aromatic rings. The monoisotopic (exact) mass is 283 g/mol. The van der Waals surface area contributed by atoms with E-state index in [1.165, 1.54) is 5.56 Å². The van der Waals surface area contributed by atoms with E-state index in [0.717, 1.165) is 12.8 Å². The van der Waals surface area contributed by atoms with Crippen molar-refractivity contribution < 1.29 is 4.79 Å². The second kappa shape index (κ2) is 7.43. The van der Waals surface area contributed by atoms with Gasteiger partial charge < -0.3 is 10.6 Å². The van der Waals surface area contributed by atoms with Gasteiger partial charge in [-0.1, -0.05) is 36.4 Å². The molecular weight excluding hydrogens is 262 g/mol. The van der Waals surface area contributed by atoms with Crippen molar-refractivity contribution in [1.29, 1.82) is 0 Å². The van der Waals surface area contributed by atoms with Crippen LogP contribution in [0.5, 0.6) is 0 Å². The number of rotatable bonds is 6. The Morgan fingerprint density at radius 1 is 1.14 bits per heavy atom. The zero-order valence-electron chi connectivity index (χ0n) is 12.5. The predicted octanol–water partition coefficient (Wildman–Crippen LogP) is 2.87. The molecule has 1 unspecified atom stereocenters. The Morgan fingerprint density at radius 2 is 1.90 bits per heavy atom. The summed E-state index contributed by atoms with van der Waals surface area (Å²) in [4.78, 5) is 16.4. The van der Waals surface area contributed by atoms with Crippen molar-refractivity contribution in [3.63, 3.8) is 0 Å². The molecular formula is C17H21N3O. The number of aromatic nitrogens is 1. The van der Waals surface area contributed by atoms with Crippen LogP contribution in [0.3, 0.4) is 0 Å². The maximum atomic E-state index is 12.1. The Balaban J connectivity index is 1.87. The normalized spacial score (nSPS) is 11.7. The molecule has 0 aliphatic carbocycles. The van der Waals surface area contributed by atoms with Crippen LogP contribution >= 0.6 is 0 Å². The Hall–Kier alpha value is -2.36. The molecule has 0 saturated heterocycles. The van der Waals surface area contributed by atoms with Crippen LogP contribution in [0.1, 0.15) is 29.4 Å². The molecule has 21 heavy (non-hydrogen) atoms. The molecule has 0 bridgehead atoms. The van der Waals surface area contributed by atoms with Crippen molar-refractivity contribution in [2.45, 2.75) is 25.8 Å². The molecule has 1 heterocycles. The number of amides is 1. The number of nitrogens with one attached hydrogen (secondary N) is 2. The predicted molar refractivity (Wildman–Crippen MR) is 85.5 cm³/mol. The van der Waals surface area contributed by atoms with E-state index in [1.54, 1.807) is 13.1 Å². The minimum atomic E-state index is -0.132. The highest BCUT2D eigenvalue weighted by atomic mass is 16.1. The second-order valence-corrected chi connectivity index (χ2v) is 5.06. The molecule has 110 valence electrons. The van der Waals surface area contributed by atoms with E-state index >= 15 is 0 Å². The van der Waals surface area contributed by atoms with E-state index < -0.39 is 0 Å². The van der Waals surface area contributed by atoms with Crippen LogP contribution in [0.15, 0.2) is 48.5 Å². The smallest absolute Gasteiger partial charge is 0.270 e. The number of hydrogen-bond donors (Lipinski definition) is 2. The minimum absolute atomic E-state index is 0.109. The van der Waals surface area contributed by atoms with Crippen molar-refractivity contribution in [1.82, 2.24) is 10.3 Å². The number of nitrogens with zero attached hydrogens (tertiary/aromatic N) is 1. The Bertz CT molecular complexity index is 584. The summed E-state index contributed by atoms with van der Waals surface area (Å²) in [7, 11) is 1.78. The summed E-state index contributed by atoms with van der Waals surface area (Å²) in [6, 6.07) is 15.8. The summed E-state index contributed by atoms with van der Waals surface area (Å²) in [6.07, 6.45) is 1.85. The second-order valence-electron chi connectivity index (χ2n) is 5.06. The van der Waals surface area contributed by atoms with Crippen LogP contribution < -0.4 is 10.6 Å². The molecule has 4 nitrogen and oxygen atoms in total. The van der Waals surface area contributed by atoms with Gasteiger partial charge in [0.25, 0.3) is 5.91 Å². The van der Waals surface area contributed by atoms with Gasteiger partial charge in [0.15, 0.2) is 0 Å². The van der Waals surface area contributed by atoms with Crippen LogP contribution in [0.25, 0.3) is 0 Å². The highest BCUT2D eigenvalue weighted by molar-refractivity contribution is 5.92. The lowest BCUT2D eigenvalue weighted by Crippen LogP contribution is -2.33. The topological polar surface area (TPSA) is 54.0 Å². The van der Waals surface area contributed by atoms with Crippen LogP contribution in [-0.2, 0) is 6.42 Å². The number of benzene rings is 1. The lowest BCUT2D eigenvalue weighted by atomic mass is 10.1. The summed E-state index contributed by atoms with van der Waals surface area (Å²) in [5.41, 5.74) is 1.72. The minimum Gasteiger partial charge on any atom is -0.373 e. The third kappa shape index (κ3) is 4.60. The van der Waals surface area contributed by atoms with Gasteiger partial charge >= 0.3 is 0 Å². The first-order valence-corrected chi connectivity index (χ1v) is 7.18. The molecule has 0 saturated carbocycles. The van der Waals surface area contributed by atoms with Crippen LogP contribution in [-0.4, -0.2) is 24.0 Å². The van der Waals surface area contributed by atoms with Gasteiger partial charge in [-0.2, -0.15) is 0 Å². The number of carbonyl (C=O) groups excluding carboxylic acids is 1. The van der Waals surface area contributed by atoms with Gasteiger partial charge in [-0.3, -0.25) is 4.79 Å². The van der Waals surface area contributed by atoms with E-state index in [-0.39, 0.29) is 11.9 Å². The van der Waals surface area contributed by atoms with E-state index in [9.17, 15) is 4.79 Å². The number of anilines is 1. The summed E-state index contributed by atoms with van der Waals surface area (Å²) in [6.45, 7) is 2.02. The average Bonchev–Trinajstić information content (AvgIpc) is 2.54. The van der Waals surface area contributed by atoms with Crippen molar-refractivity contribution >= 4 is 11.7 Å². The molecule has 1 aromatic carbocycles. The molecule has 2 rings (SSSR count). The summed E-state index contributed by atoms with van der Waals surface area (Å²) in [5, 5.41) is 5.92. The van der Waals surface area contributed by atoms with Crippen LogP contribution in [0.2, 0.25) is 0 Å². The summed E-state index contributed by atoms with van der Waals surface area (Å²) >= 11 is 0. The first-order valence-electron chi connectivity index (χ1n) is 7.18. The van der Waals surface area contributed by atoms with Gasteiger partial charge in [-0.05, 0) is 37.5 Å². The van der Waals surface area contributed by atoms with Gasteiger partial charge in [-0.15, -0.1) is 0 Å². The van der Waals surface area contributed by atoms with E-state index in [1.807, 2.05) is 37.3 Å².